The highest BCUT2D eigenvalue weighted by molar-refractivity contribution is 6.30. The molecule has 0 aliphatic carbocycles. The van der Waals surface area contributed by atoms with E-state index >= 15 is 0 Å². The number of carbonyl (C=O) groups is 4. The normalized spacial score (nSPS) is 24.7. The quantitative estimate of drug-likeness (QED) is 0.115. The zero-order chi connectivity index (χ0) is 28.5. The second-order valence-electron chi connectivity index (χ2n) is 8.67. The topological polar surface area (TPSA) is 232 Å². The van der Waals surface area contributed by atoms with Gasteiger partial charge >= 0.3 is 11.9 Å². The molecule has 8 N–H and O–H groups in total. The first kappa shape index (κ1) is 31.4. The lowest BCUT2D eigenvalue weighted by molar-refractivity contribution is -0.310. The Kier molecular flexibility index (Phi) is 11.8. The van der Waals surface area contributed by atoms with Gasteiger partial charge in [-0.15, -0.1) is 0 Å². The molecule has 0 aromatic heterocycles. The Bertz CT molecular complexity index is 978. The fourth-order valence-corrected chi connectivity index (χ4v) is 3.94. The van der Waals surface area contributed by atoms with Gasteiger partial charge in [0.25, 0.3) is 5.79 Å². The molecule has 6 atom stereocenters. The number of ether oxygens (including phenoxy) is 2. The Balaban J connectivity index is 2.15. The van der Waals surface area contributed by atoms with E-state index in [1.165, 1.54) is 0 Å². The Hall–Kier alpha value is -2.85. The van der Waals surface area contributed by atoms with Gasteiger partial charge in [0.2, 0.25) is 11.8 Å². The maximum atomic E-state index is 12.3. The van der Waals surface area contributed by atoms with Crippen LogP contribution in [0.25, 0.3) is 0 Å². The van der Waals surface area contributed by atoms with Crippen molar-refractivity contribution in [3.05, 3.63) is 34.9 Å². The van der Waals surface area contributed by atoms with Crippen molar-refractivity contribution in [3.8, 4) is 0 Å². The molecule has 2 amide bonds. The van der Waals surface area contributed by atoms with Gasteiger partial charge in [-0.05, 0) is 24.1 Å². The van der Waals surface area contributed by atoms with E-state index < -0.39 is 86.2 Å². The molecular formula is C23H31ClN2O12. The van der Waals surface area contributed by atoms with E-state index in [0.29, 0.717) is 10.6 Å². The molecule has 212 valence electrons. The number of aliphatic hydroxyl groups excluding tert-OH is 4. The molecule has 1 fully saturated rings. The van der Waals surface area contributed by atoms with Crippen LogP contribution in [0.5, 0.6) is 0 Å². The Morgan fingerprint density at radius 1 is 1.13 bits per heavy atom. The average Bonchev–Trinajstić information content (AvgIpc) is 2.87. The third-order valence-corrected chi connectivity index (χ3v) is 6.01. The fourth-order valence-electron chi connectivity index (χ4n) is 3.82. The summed E-state index contributed by atoms with van der Waals surface area (Å²) in [5.41, 5.74) is 0.624. The summed E-state index contributed by atoms with van der Waals surface area (Å²) in [6, 6.07) is 4.95. The number of aliphatic hydroxyl groups is 4. The predicted octanol–water partition coefficient (Wildman–Crippen LogP) is -1.99. The Morgan fingerprint density at radius 3 is 2.37 bits per heavy atom. The molecule has 1 saturated heterocycles. The van der Waals surface area contributed by atoms with Crippen molar-refractivity contribution in [2.45, 2.75) is 61.9 Å². The minimum atomic E-state index is -2.55. The molecule has 0 unspecified atom stereocenters. The number of aliphatic carboxylic acids is 2. The van der Waals surface area contributed by atoms with Gasteiger partial charge in [0.1, 0.15) is 18.8 Å². The van der Waals surface area contributed by atoms with Crippen LogP contribution in [-0.4, -0.2) is 110 Å². The number of amides is 2. The van der Waals surface area contributed by atoms with E-state index in [4.69, 9.17) is 31.3 Å². The van der Waals surface area contributed by atoms with Crippen LogP contribution in [0.4, 0.5) is 0 Å². The van der Waals surface area contributed by atoms with Crippen LogP contribution >= 0.6 is 11.6 Å². The molecule has 2 rings (SSSR count). The molecule has 1 aliphatic heterocycles. The molecule has 1 aliphatic rings. The van der Waals surface area contributed by atoms with Gasteiger partial charge in [0, 0.05) is 24.4 Å². The van der Waals surface area contributed by atoms with Crippen LogP contribution < -0.4 is 10.6 Å². The molecule has 1 aromatic rings. The first-order chi connectivity index (χ1) is 17.9. The van der Waals surface area contributed by atoms with Crippen LogP contribution in [0.3, 0.4) is 0 Å². The highest BCUT2D eigenvalue weighted by Gasteiger charge is 2.55. The second kappa shape index (κ2) is 14.3. The number of nitrogens with one attached hydrogen (secondary N) is 2. The van der Waals surface area contributed by atoms with Crippen molar-refractivity contribution in [2.24, 2.45) is 0 Å². The third kappa shape index (κ3) is 8.87. The minimum absolute atomic E-state index is 0.0693. The summed E-state index contributed by atoms with van der Waals surface area (Å²) < 4.78 is 10.8. The summed E-state index contributed by atoms with van der Waals surface area (Å²) in [4.78, 5) is 46.9. The average molecular weight is 563 g/mol. The molecule has 0 spiro atoms. The first-order valence-corrected chi connectivity index (χ1v) is 12.0. The lowest BCUT2D eigenvalue weighted by Gasteiger charge is -2.46. The van der Waals surface area contributed by atoms with E-state index in [2.05, 4.69) is 10.6 Å². The van der Waals surface area contributed by atoms with Crippen LogP contribution in [0.2, 0.25) is 5.02 Å². The summed E-state index contributed by atoms with van der Waals surface area (Å²) in [5.74, 6) is -6.91. The summed E-state index contributed by atoms with van der Waals surface area (Å²) in [6.07, 6.45) is -8.44. The summed E-state index contributed by atoms with van der Waals surface area (Å²) >= 11 is 5.81. The number of carbonyl (C=O) groups excluding carboxylic acids is 2. The summed E-state index contributed by atoms with van der Waals surface area (Å²) in [5, 5.41) is 64.7. The van der Waals surface area contributed by atoms with Crippen molar-refractivity contribution in [1.82, 2.24) is 10.6 Å². The number of rotatable bonds is 14. The number of carboxylic acids is 2. The molecule has 1 aromatic carbocycles. The van der Waals surface area contributed by atoms with E-state index in [9.17, 15) is 39.6 Å². The van der Waals surface area contributed by atoms with Crippen molar-refractivity contribution < 1.29 is 59.3 Å². The Morgan fingerprint density at radius 2 is 1.79 bits per heavy atom. The van der Waals surface area contributed by atoms with E-state index in [-0.39, 0.29) is 19.3 Å². The van der Waals surface area contributed by atoms with Gasteiger partial charge in [-0.1, -0.05) is 23.7 Å². The molecule has 38 heavy (non-hydrogen) atoms. The van der Waals surface area contributed by atoms with E-state index in [1.807, 2.05) is 0 Å². The van der Waals surface area contributed by atoms with Crippen molar-refractivity contribution >= 4 is 35.4 Å². The number of carboxylic acid groups (broad SMARTS) is 2. The zero-order valence-electron chi connectivity index (χ0n) is 20.2. The van der Waals surface area contributed by atoms with Gasteiger partial charge in [0.05, 0.1) is 31.3 Å². The Labute approximate surface area is 222 Å². The summed E-state index contributed by atoms with van der Waals surface area (Å²) in [6.45, 7) is -1.90. The molecule has 0 radical (unpaired) electrons. The summed E-state index contributed by atoms with van der Waals surface area (Å²) in [7, 11) is 0. The van der Waals surface area contributed by atoms with Gasteiger partial charge in [0.15, 0.2) is 0 Å². The van der Waals surface area contributed by atoms with Crippen molar-refractivity contribution in [2.75, 3.05) is 19.8 Å². The van der Waals surface area contributed by atoms with Crippen LogP contribution in [0.1, 0.15) is 24.8 Å². The molecule has 15 heteroatoms. The third-order valence-electron chi connectivity index (χ3n) is 5.76. The predicted molar refractivity (Wildman–Crippen MR) is 128 cm³/mol. The lowest BCUT2D eigenvalue weighted by Crippen LogP contribution is -2.68. The van der Waals surface area contributed by atoms with Crippen molar-refractivity contribution in [1.29, 1.82) is 0 Å². The highest BCUT2D eigenvalue weighted by atomic mass is 35.5. The number of hydrogen-bond acceptors (Lipinski definition) is 10. The fraction of sp³-hybridized carbons (Fsp3) is 0.565. The molecular weight excluding hydrogens is 532 g/mol. The number of hydrogen-bond donors (Lipinski definition) is 8. The molecule has 0 saturated carbocycles. The zero-order valence-corrected chi connectivity index (χ0v) is 20.9. The van der Waals surface area contributed by atoms with Crippen LogP contribution in [0, 0.1) is 0 Å². The smallest absolute Gasteiger partial charge is 0.364 e. The number of halogens is 1. The molecule has 1 heterocycles. The maximum Gasteiger partial charge on any atom is 0.364 e. The van der Waals surface area contributed by atoms with E-state index in [1.54, 1.807) is 24.3 Å². The largest absolute Gasteiger partial charge is 0.481 e. The van der Waals surface area contributed by atoms with Gasteiger partial charge in [-0.3, -0.25) is 14.4 Å². The van der Waals surface area contributed by atoms with Crippen LogP contribution in [0.15, 0.2) is 24.3 Å². The van der Waals surface area contributed by atoms with Gasteiger partial charge in [-0.2, -0.15) is 0 Å². The van der Waals surface area contributed by atoms with Crippen LogP contribution in [-0.2, 0) is 35.1 Å². The highest BCUT2D eigenvalue weighted by Crippen LogP contribution is 2.33. The number of benzene rings is 1. The monoisotopic (exact) mass is 562 g/mol. The van der Waals surface area contributed by atoms with E-state index in [0.717, 1.165) is 0 Å². The second-order valence-corrected chi connectivity index (χ2v) is 9.11. The lowest BCUT2D eigenvalue weighted by atomic mass is 9.88. The minimum Gasteiger partial charge on any atom is -0.481 e. The standard InChI is InChI=1S/C23H31ClN2O12/c24-13-5-3-12(4-6-13)8-16(30)25-10-15(29)20(34)21-19(26-17(31)11-27)14(28)9-23(38-21,22(35)36)37-7-1-2-18(32)33/h3-6,14-15,19-21,27-29,34H,1-2,7-11H2,(H,25,30)(H,26,31)(H,32,33)(H,35,36)/t14-,15+,19+,20+,21+,23+/m0/s1. The van der Waals surface area contributed by atoms with Gasteiger partial charge in [-0.25, -0.2) is 4.79 Å². The molecule has 0 bridgehead atoms. The SMILES string of the molecule is O=C(O)CCCO[C@]1(C(=O)O)C[C@H](O)[C@@H](NC(=O)CO)[C@H]([C@H](O)[C@H](O)CNC(=O)Cc2ccc(Cl)cc2)O1. The van der Waals surface area contributed by atoms with Crippen molar-refractivity contribution in [3.63, 3.8) is 0 Å². The van der Waals surface area contributed by atoms with Gasteiger partial charge < -0.3 is 50.7 Å². The maximum absolute atomic E-state index is 12.3. The first-order valence-electron chi connectivity index (χ1n) is 11.6. The molecule has 14 nitrogen and oxygen atoms in total.